The van der Waals surface area contributed by atoms with Gasteiger partial charge in [0.25, 0.3) is 0 Å². The summed E-state index contributed by atoms with van der Waals surface area (Å²) in [5.74, 6) is 0.954. The first-order valence-corrected chi connectivity index (χ1v) is 8.91. The fourth-order valence-corrected chi connectivity index (χ4v) is 3.67. The molecule has 1 aromatic heterocycles. The number of hydrogen-bond acceptors (Lipinski definition) is 2. The molecule has 4 nitrogen and oxygen atoms in total. The number of para-hydroxylation sites is 1. The van der Waals surface area contributed by atoms with Crippen molar-refractivity contribution in [3.63, 3.8) is 0 Å². The first-order valence-electron chi connectivity index (χ1n) is 8.91. The van der Waals surface area contributed by atoms with E-state index in [1.807, 2.05) is 65.8 Å². The number of anilines is 1. The molecule has 1 atom stereocenters. The van der Waals surface area contributed by atoms with Gasteiger partial charge in [-0.05, 0) is 47.9 Å². The molecule has 4 rings (SSSR count). The highest BCUT2D eigenvalue weighted by Gasteiger charge is 2.27. The smallest absolute Gasteiger partial charge is 0.229 e. The second kappa shape index (κ2) is 7.08. The normalized spacial score (nSPS) is 14.1. The van der Waals surface area contributed by atoms with E-state index in [0.717, 1.165) is 30.0 Å². The Morgan fingerprint density at radius 3 is 2.69 bits per heavy atom. The van der Waals surface area contributed by atoms with Gasteiger partial charge in [-0.1, -0.05) is 30.3 Å². The van der Waals surface area contributed by atoms with Gasteiger partial charge >= 0.3 is 0 Å². The minimum atomic E-state index is -0.0552. The van der Waals surface area contributed by atoms with Gasteiger partial charge in [-0.2, -0.15) is 0 Å². The molecule has 4 heteroatoms. The van der Waals surface area contributed by atoms with Crippen molar-refractivity contribution in [3.05, 3.63) is 84.2 Å². The highest BCUT2D eigenvalue weighted by molar-refractivity contribution is 5.95. The van der Waals surface area contributed by atoms with Crippen molar-refractivity contribution in [2.45, 2.75) is 18.9 Å². The van der Waals surface area contributed by atoms with Crippen molar-refractivity contribution in [3.8, 4) is 5.75 Å². The van der Waals surface area contributed by atoms with Gasteiger partial charge < -0.3 is 14.2 Å². The number of aromatic nitrogens is 1. The molecule has 0 spiro atoms. The Morgan fingerprint density at radius 2 is 1.88 bits per heavy atom. The number of rotatable bonds is 5. The first-order chi connectivity index (χ1) is 12.8. The van der Waals surface area contributed by atoms with Gasteiger partial charge in [-0.3, -0.25) is 4.79 Å². The maximum atomic E-state index is 13.1. The van der Waals surface area contributed by atoms with E-state index in [1.54, 1.807) is 7.11 Å². The lowest BCUT2D eigenvalue weighted by Crippen LogP contribution is -2.31. The summed E-state index contributed by atoms with van der Waals surface area (Å²) < 4.78 is 7.46. The third kappa shape index (κ3) is 3.10. The van der Waals surface area contributed by atoms with Crippen LogP contribution >= 0.6 is 0 Å². The molecule has 0 aliphatic carbocycles. The highest BCUT2D eigenvalue weighted by atomic mass is 16.5. The summed E-state index contributed by atoms with van der Waals surface area (Å²) in [5, 5.41) is 0. The molecule has 0 unspecified atom stereocenters. The molecular formula is C22H22N2O2. The molecule has 2 heterocycles. The van der Waals surface area contributed by atoms with Crippen molar-refractivity contribution in [1.29, 1.82) is 0 Å². The lowest BCUT2D eigenvalue weighted by Gasteiger charge is -2.24. The van der Waals surface area contributed by atoms with Crippen molar-refractivity contribution in [1.82, 2.24) is 4.57 Å². The number of hydrogen-bond donors (Lipinski definition) is 0. The van der Waals surface area contributed by atoms with Crippen LogP contribution in [-0.2, 0) is 11.2 Å². The van der Waals surface area contributed by atoms with Crippen LogP contribution in [0.3, 0.4) is 0 Å². The van der Waals surface area contributed by atoms with Crippen LogP contribution in [0.4, 0.5) is 5.69 Å². The number of amides is 1. The number of ether oxygens (including phenoxy) is 1. The van der Waals surface area contributed by atoms with Crippen molar-refractivity contribution >= 4 is 11.6 Å². The van der Waals surface area contributed by atoms with Crippen molar-refractivity contribution in [2.24, 2.45) is 0 Å². The van der Waals surface area contributed by atoms with E-state index in [-0.39, 0.29) is 11.9 Å². The SMILES string of the molecule is COc1cccc([C@H](CC(=O)N2CCc3ccccc32)n2cccc2)c1. The summed E-state index contributed by atoms with van der Waals surface area (Å²) in [6.07, 6.45) is 5.36. The van der Waals surface area contributed by atoms with Gasteiger partial charge in [-0.15, -0.1) is 0 Å². The van der Waals surface area contributed by atoms with E-state index in [1.165, 1.54) is 5.56 Å². The van der Waals surface area contributed by atoms with E-state index in [9.17, 15) is 4.79 Å². The summed E-state index contributed by atoms with van der Waals surface area (Å²) in [5.41, 5.74) is 3.37. The monoisotopic (exact) mass is 346 g/mol. The third-order valence-electron chi connectivity index (χ3n) is 5.02. The maximum absolute atomic E-state index is 13.1. The largest absolute Gasteiger partial charge is 0.497 e. The summed E-state index contributed by atoms with van der Waals surface area (Å²) in [6, 6.07) is 20.1. The number of benzene rings is 2. The molecule has 0 N–H and O–H groups in total. The van der Waals surface area contributed by atoms with Crippen LogP contribution in [-0.4, -0.2) is 24.1 Å². The molecule has 0 bridgehead atoms. The Hall–Kier alpha value is -3.01. The quantitative estimate of drug-likeness (QED) is 0.698. The van der Waals surface area contributed by atoms with Gasteiger partial charge in [0.15, 0.2) is 0 Å². The zero-order valence-corrected chi connectivity index (χ0v) is 14.8. The average Bonchev–Trinajstić information content (AvgIpc) is 3.36. The molecule has 1 aliphatic heterocycles. The Morgan fingerprint density at radius 1 is 1.08 bits per heavy atom. The van der Waals surface area contributed by atoms with E-state index in [0.29, 0.717) is 6.42 Å². The molecule has 1 amide bonds. The molecule has 0 saturated heterocycles. The fraction of sp³-hybridized carbons (Fsp3) is 0.227. The molecule has 132 valence electrons. The van der Waals surface area contributed by atoms with Crippen LogP contribution in [0.1, 0.15) is 23.6 Å². The molecule has 0 fully saturated rings. The lowest BCUT2D eigenvalue weighted by molar-refractivity contribution is -0.119. The standard InChI is InChI=1S/C22H22N2O2/c1-26-19-9-6-8-18(15-19)21(23-12-4-5-13-23)16-22(25)24-14-11-17-7-2-3-10-20(17)24/h2-10,12-13,15,21H,11,14,16H2,1H3/t21-/m0/s1. The molecule has 3 aromatic rings. The van der Waals surface area contributed by atoms with Crippen LogP contribution in [0.15, 0.2) is 73.1 Å². The third-order valence-corrected chi connectivity index (χ3v) is 5.02. The van der Waals surface area contributed by atoms with Gasteiger partial charge in [0.1, 0.15) is 5.75 Å². The van der Waals surface area contributed by atoms with E-state index >= 15 is 0 Å². The van der Waals surface area contributed by atoms with E-state index in [2.05, 4.69) is 16.7 Å². The topological polar surface area (TPSA) is 34.5 Å². The second-order valence-corrected chi connectivity index (χ2v) is 6.55. The van der Waals surface area contributed by atoms with Crippen molar-refractivity contribution < 1.29 is 9.53 Å². The van der Waals surface area contributed by atoms with Gasteiger partial charge in [0.2, 0.25) is 5.91 Å². The molecule has 1 aliphatic rings. The Kier molecular flexibility index (Phi) is 4.48. The molecule has 0 radical (unpaired) electrons. The number of carbonyl (C=O) groups is 1. The minimum Gasteiger partial charge on any atom is -0.497 e. The zero-order chi connectivity index (χ0) is 17.9. The molecule has 2 aromatic carbocycles. The molecule has 0 saturated carbocycles. The maximum Gasteiger partial charge on any atom is 0.229 e. The number of fused-ring (bicyclic) bond motifs is 1. The second-order valence-electron chi connectivity index (χ2n) is 6.55. The van der Waals surface area contributed by atoms with Gasteiger partial charge in [0.05, 0.1) is 19.6 Å². The highest BCUT2D eigenvalue weighted by Crippen LogP contribution is 2.31. The summed E-state index contributed by atoms with van der Waals surface area (Å²) in [4.78, 5) is 15.0. The number of methoxy groups -OCH3 is 1. The predicted octanol–water partition coefficient (Wildman–Crippen LogP) is 4.07. The molecule has 26 heavy (non-hydrogen) atoms. The minimum absolute atomic E-state index is 0.0552. The van der Waals surface area contributed by atoms with Crippen molar-refractivity contribution in [2.75, 3.05) is 18.6 Å². The summed E-state index contributed by atoms with van der Waals surface area (Å²) in [7, 11) is 1.66. The summed E-state index contributed by atoms with van der Waals surface area (Å²) in [6.45, 7) is 0.759. The van der Waals surface area contributed by atoms with E-state index < -0.39 is 0 Å². The van der Waals surface area contributed by atoms with Crippen LogP contribution in [0.5, 0.6) is 5.75 Å². The average molecular weight is 346 g/mol. The van der Waals surface area contributed by atoms with Crippen LogP contribution < -0.4 is 9.64 Å². The van der Waals surface area contributed by atoms with E-state index in [4.69, 9.17) is 4.74 Å². The van der Waals surface area contributed by atoms with Gasteiger partial charge in [-0.25, -0.2) is 0 Å². The Balaban J connectivity index is 1.62. The van der Waals surface area contributed by atoms with Crippen LogP contribution in [0.25, 0.3) is 0 Å². The number of carbonyl (C=O) groups excluding carboxylic acids is 1. The fourth-order valence-electron chi connectivity index (χ4n) is 3.67. The first kappa shape index (κ1) is 16.5. The van der Waals surface area contributed by atoms with Gasteiger partial charge in [0, 0.05) is 24.6 Å². The van der Waals surface area contributed by atoms with Crippen LogP contribution in [0.2, 0.25) is 0 Å². The Bertz CT molecular complexity index is 902. The molecular weight excluding hydrogens is 324 g/mol. The lowest BCUT2D eigenvalue weighted by atomic mass is 10.0. The zero-order valence-electron chi connectivity index (χ0n) is 14.8. The summed E-state index contributed by atoms with van der Waals surface area (Å²) >= 11 is 0. The number of nitrogens with zero attached hydrogens (tertiary/aromatic N) is 2. The Labute approximate surface area is 153 Å². The van der Waals surface area contributed by atoms with Crippen LogP contribution in [0, 0.1) is 0 Å². The predicted molar refractivity (Wildman–Crippen MR) is 103 cm³/mol.